The van der Waals surface area contributed by atoms with E-state index in [1.54, 1.807) is 0 Å². The number of carbonyl (C=O) groups excluding carboxylic acids is 1. The summed E-state index contributed by atoms with van der Waals surface area (Å²) in [5, 5.41) is 10.8. The summed E-state index contributed by atoms with van der Waals surface area (Å²) in [6.45, 7) is 1.23. The van der Waals surface area contributed by atoms with Gasteiger partial charge < -0.3 is 15.2 Å². The Kier molecular flexibility index (Phi) is 4.55. The molecule has 1 heterocycles. The molecule has 3 unspecified atom stereocenters. The third kappa shape index (κ3) is 4.52. The molecule has 1 amide bonds. The van der Waals surface area contributed by atoms with Gasteiger partial charge in [-0.3, -0.25) is 4.79 Å². The summed E-state index contributed by atoms with van der Waals surface area (Å²) in [6.07, 6.45) is -7.15. The second kappa shape index (κ2) is 5.55. The van der Waals surface area contributed by atoms with E-state index in [1.165, 1.54) is 6.92 Å². The minimum atomic E-state index is -4.35. The van der Waals surface area contributed by atoms with Gasteiger partial charge >= 0.3 is 12.1 Å². The predicted octanol–water partition coefficient (Wildman–Crippen LogP) is 1.08. The van der Waals surface area contributed by atoms with Crippen LogP contribution >= 0.6 is 0 Å². The minimum absolute atomic E-state index is 0.182. The van der Waals surface area contributed by atoms with Crippen LogP contribution in [0.25, 0.3) is 0 Å². The molecule has 0 spiro atoms. The SMILES string of the molecule is CC(CC(F)(F)F)NC(=O)C1CCC(C(=O)O)O1. The number of ether oxygens (including phenoxy) is 1. The molecule has 0 saturated carbocycles. The molecule has 5 nitrogen and oxygen atoms in total. The Morgan fingerprint density at radius 3 is 2.39 bits per heavy atom. The highest BCUT2D eigenvalue weighted by Gasteiger charge is 2.36. The largest absolute Gasteiger partial charge is 0.479 e. The first kappa shape index (κ1) is 14.7. The lowest BCUT2D eigenvalue weighted by molar-refractivity contribution is -0.152. The number of nitrogens with one attached hydrogen (secondary N) is 1. The molecule has 3 atom stereocenters. The van der Waals surface area contributed by atoms with Crippen molar-refractivity contribution in [1.82, 2.24) is 5.32 Å². The van der Waals surface area contributed by atoms with Crippen LogP contribution in [0.5, 0.6) is 0 Å². The fraction of sp³-hybridized carbons (Fsp3) is 0.800. The van der Waals surface area contributed by atoms with E-state index in [0.717, 1.165) is 0 Å². The first-order valence-corrected chi connectivity index (χ1v) is 5.44. The number of amides is 1. The zero-order valence-electron chi connectivity index (χ0n) is 9.66. The molecule has 0 aromatic rings. The molecular weight excluding hydrogens is 255 g/mol. The van der Waals surface area contributed by atoms with Gasteiger partial charge in [-0.1, -0.05) is 0 Å². The predicted molar refractivity (Wildman–Crippen MR) is 53.8 cm³/mol. The van der Waals surface area contributed by atoms with Crippen molar-refractivity contribution in [3.05, 3.63) is 0 Å². The highest BCUT2D eigenvalue weighted by molar-refractivity contribution is 5.82. The molecule has 0 bridgehead atoms. The van der Waals surface area contributed by atoms with Crippen LogP contribution in [0.2, 0.25) is 0 Å². The molecule has 104 valence electrons. The van der Waals surface area contributed by atoms with E-state index in [4.69, 9.17) is 9.84 Å². The molecule has 18 heavy (non-hydrogen) atoms. The number of halogens is 3. The summed E-state index contributed by atoms with van der Waals surface area (Å²) < 4.78 is 41.0. The van der Waals surface area contributed by atoms with E-state index in [-0.39, 0.29) is 12.8 Å². The van der Waals surface area contributed by atoms with E-state index in [9.17, 15) is 22.8 Å². The van der Waals surface area contributed by atoms with Crippen molar-refractivity contribution >= 4 is 11.9 Å². The lowest BCUT2D eigenvalue weighted by Gasteiger charge is -2.18. The fourth-order valence-corrected chi connectivity index (χ4v) is 1.75. The van der Waals surface area contributed by atoms with Crippen molar-refractivity contribution in [3.8, 4) is 0 Å². The van der Waals surface area contributed by atoms with Gasteiger partial charge in [-0.2, -0.15) is 13.2 Å². The Morgan fingerprint density at radius 1 is 1.39 bits per heavy atom. The number of hydrogen-bond acceptors (Lipinski definition) is 3. The zero-order chi connectivity index (χ0) is 13.9. The number of rotatable bonds is 4. The number of carboxylic acid groups (broad SMARTS) is 1. The van der Waals surface area contributed by atoms with Crippen molar-refractivity contribution in [2.24, 2.45) is 0 Å². The summed E-state index contributed by atoms with van der Waals surface area (Å²) in [4.78, 5) is 22.1. The summed E-state index contributed by atoms with van der Waals surface area (Å²) in [7, 11) is 0. The lowest BCUT2D eigenvalue weighted by atomic mass is 10.1. The van der Waals surface area contributed by atoms with E-state index >= 15 is 0 Å². The molecule has 1 rings (SSSR count). The number of carboxylic acids is 1. The van der Waals surface area contributed by atoms with E-state index < -0.39 is 42.7 Å². The average Bonchev–Trinajstić information content (AvgIpc) is 2.62. The van der Waals surface area contributed by atoms with Gasteiger partial charge in [-0.05, 0) is 19.8 Å². The van der Waals surface area contributed by atoms with Crippen LogP contribution in [-0.4, -0.2) is 41.4 Å². The zero-order valence-corrected chi connectivity index (χ0v) is 9.66. The molecule has 1 aliphatic heterocycles. The first-order valence-electron chi connectivity index (χ1n) is 5.44. The molecule has 1 aliphatic rings. The summed E-state index contributed by atoms with van der Waals surface area (Å²) in [6, 6.07) is -1.06. The molecule has 1 fully saturated rings. The molecular formula is C10H14F3NO4. The summed E-state index contributed by atoms with van der Waals surface area (Å²) >= 11 is 0. The first-order chi connectivity index (χ1) is 8.19. The number of hydrogen-bond donors (Lipinski definition) is 2. The lowest BCUT2D eigenvalue weighted by Crippen LogP contribution is -2.42. The molecule has 0 aromatic heterocycles. The van der Waals surface area contributed by atoms with Gasteiger partial charge in [0.25, 0.3) is 0 Å². The molecule has 1 saturated heterocycles. The molecule has 8 heteroatoms. The van der Waals surface area contributed by atoms with Crippen molar-refractivity contribution in [2.75, 3.05) is 0 Å². The maximum atomic E-state index is 12.0. The Bertz CT molecular complexity index is 332. The van der Waals surface area contributed by atoms with Gasteiger partial charge in [0.15, 0.2) is 6.10 Å². The van der Waals surface area contributed by atoms with Gasteiger partial charge in [0.1, 0.15) is 6.10 Å². The van der Waals surface area contributed by atoms with E-state index in [0.29, 0.717) is 0 Å². The third-order valence-corrected chi connectivity index (χ3v) is 2.51. The maximum Gasteiger partial charge on any atom is 0.391 e. The Balaban J connectivity index is 2.40. The van der Waals surface area contributed by atoms with E-state index in [2.05, 4.69) is 5.32 Å². The van der Waals surface area contributed by atoms with Gasteiger partial charge in [-0.25, -0.2) is 4.79 Å². The Labute approximate surface area is 101 Å². The Hall–Kier alpha value is -1.31. The van der Waals surface area contributed by atoms with Gasteiger partial charge in [-0.15, -0.1) is 0 Å². The quantitative estimate of drug-likeness (QED) is 0.800. The van der Waals surface area contributed by atoms with Crippen LogP contribution in [0.1, 0.15) is 26.2 Å². The molecule has 0 aromatic carbocycles. The van der Waals surface area contributed by atoms with Crippen molar-refractivity contribution in [2.45, 2.75) is 50.6 Å². The fourth-order valence-electron chi connectivity index (χ4n) is 1.75. The molecule has 0 aliphatic carbocycles. The summed E-state index contributed by atoms with van der Waals surface area (Å²) in [5.41, 5.74) is 0. The van der Waals surface area contributed by atoms with Crippen LogP contribution in [0.15, 0.2) is 0 Å². The second-order valence-electron chi connectivity index (χ2n) is 4.26. The maximum absolute atomic E-state index is 12.0. The van der Waals surface area contributed by atoms with Crippen LogP contribution in [-0.2, 0) is 14.3 Å². The highest BCUT2D eigenvalue weighted by Crippen LogP contribution is 2.23. The van der Waals surface area contributed by atoms with E-state index in [1.807, 2.05) is 0 Å². The normalized spacial score (nSPS) is 25.8. The average molecular weight is 269 g/mol. The standard InChI is InChI=1S/C10H14F3NO4/c1-5(4-10(11,12)13)14-8(15)6-2-3-7(18-6)9(16)17/h5-7H,2-4H2,1H3,(H,14,15)(H,16,17). The Morgan fingerprint density at radius 2 is 1.94 bits per heavy atom. The third-order valence-electron chi connectivity index (χ3n) is 2.51. The smallest absolute Gasteiger partial charge is 0.391 e. The van der Waals surface area contributed by atoms with Crippen molar-refractivity contribution in [1.29, 1.82) is 0 Å². The van der Waals surface area contributed by atoms with Crippen LogP contribution in [0.4, 0.5) is 13.2 Å². The van der Waals surface area contributed by atoms with Crippen molar-refractivity contribution < 1.29 is 32.6 Å². The van der Waals surface area contributed by atoms with Gasteiger partial charge in [0.05, 0.1) is 6.42 Å². The number of carbonyl (C=O) groups is 2. The van der Waals surface area contributed by atoms with Crippen LogP contribution in [0.3, 0.4) is 0 Å². The molecule has 2 N–H and O–H groups in total. The minimum Gasteiger partial charge on any atom is -0.479 e. The van der Waals surface area contributed by atoms with Gasteiger partial charge in [0.2, 0.25) is 5.91 Å². The topological polar surface area (TPSA) is 75.6 Å². The summed E-state index contributed by atoms with van der Waals surface area (Å²) in [5.74, 6) is -1.87. The second-order valence-corrected chi connectivity index (χ2v) is 4.26. The van der Waals surface area contributed by atoms with Gasteiger partial charge in [0, 0.05) is 6.04 Å². The van der Waals surface area contributed by atoms with Crippen LogP contribution < -0.4 is 5.32 Å². The molecule has 0 radical (unpaired) electrons. The highest BCUT2D eigenvalue weighted by atomic mass is 19.4. The van der Waals surface area contributed by atoms with Crippen molar-refractivity contribution in [3.63, 3.8) is 0 Å². The number of alkyl halides is 3. The number of aliphatic carboxylic acids is 1. The van der Waals surface area contributed by atoms with Crippen LogP contribution in [0, 0.1) is 0 Å². The monoisotopic (exact) mass is 269 g/mol.